The van der Waals surface area contributed by atoms with E-state index in [1.54, 1.807) is 12.1 Å². The number of carbonyl (C=O) groups excluding carboxylic acids is 2. The first-order valence-corrected chi connectivity index (χ1v) is 9.89. The van der Waals surface area contributed by atoms with Crippen LogP contribution in [0.5, 0.6) is 0 Å². The van der Waals surface area contributed by atoms with Crippen molar-refractivity contribution in [1.82, 2.24) is 15.1 Å². The second-order valence-electron chi connectivity index (χ2n) is 7.22. The topological polar surface area (TPSA) is 61.9 Å². The second-order valence-corrected chi connectivity index (χ2v) is 7.22. The molecular formula is C21H33N3O3. The molecule has 150 valence electrons. The highest BCUT2D eigenvalue weighted by Gasteiger charge is 2.30. The molecule has 0 radical (unpaired) electrons. The summed E-state index contributed by atoms with van der Waals surface area (Å²) in [6.07, 6.45) is 1.16. The monoisotopic (exact) mass is 375 g/mol. The molecular weight excluding hydrogens is 342 g/mol. The van der Waals surface area contributed by atoms with Gasteiger partial charge in [-0.15, -0.1) is 0 Å². The fourth-order valence-electron chi connectivity index (χ4n) is 3.59. The summed E-state index contributed by atoms with van der Waals surface area (Å²) in [4.78, 5) is 28.7. The average Bonchev–Trinajstić information content (AvgIpc) is 3.17. The lowest BCUT2D eigenvalue weighted by Gasteiger charge is -2.25. The third-order valence-corrected chi connectivity index (χ3v) is 5.50. The number of rotatable bonds is 9. The molecule has 0 saturated carbocycles. The summed E-state index contributed by atoms with van der Waals surface area (Å²) >= 11 is 0. The summed E-state index contributed by atoms with van der Waals surface area (Å²) in [5.74, 6) is 0.342. The van der Waals surface area contributed by atoms with E-state index in [0.29, 0.717) is 18.0 Å². The molecule has 0 aromatic heterocycles. The van der Waals surface area contributed by atoms with Crippen molar-refractivity contribution in [3.8, 4) is 0 Å². The quantitative estimate of drug-likeness (QED) is 0.670. The SMILES string of the molecule is CCN(CC)C[C@@H]1CCN([C@@H](C)C(=O)NCc2ccc(C(=O)OC)cc2)C1. The van der Waals surface area contributed by atoms with Crippen LogP contribution in [0.2, 0.25) is 0 Å². The van der Waals surface area contributed by atoms with Gasteiger partial charge in [-0.3, -0.25) is 9.69 Å². The maximum absolute atomic E-state index is 12.5. The summed E-state index contributed by atoms with van der Waals surface area (Å²) in [6, 6.07) is 6.99. The highest BCUT2D eigenvalue weighted by Crippen LogP contribution is 2.20. The van der Waals surface area contributed by atoms with Gasteiger partial charge in [0.1, 0.15) is 0 Å². The number of ether oxygens (including phenoxy) is 1. The lowest BCUT2D eigenvalue weighted by atomic mass is 10.1. The van der Waals surface area contributed by atoms with Crippen LogP contribution in [0.3, 0.4) is 0 Å². The Balaban J connectivity index is 1.79. The van der Waals surface area contributed by atoms with Crippen LogP contribution < -0.4 is 5.32 Å². The zero-order chi connectivity index (χ0) is 19.8. The van der Waals surface area contributed by atoms with Crippen molar-refractivity contribution in [2.45, 2.75) is 39.8 Å². The molecule has 1 heterocycles. The summed E-state index contributed by atoms with van der Waals surface area (Å²) in [6.45, 7) is 12.1. The van der Waals surface area contributed by atoms with E-state index in [1.807, 2.05) is 19.1 Å². The molecule has 1 amide bonds. The Hall–Kier alpha value is -1.92. The fourth-order valence-corrected chi connectivity index (χ4v) is 3.59. The van der Waals surface area contributed by atoms with Crippen LogP contribution in [0, 0.1) is 5.92 Å². The van der Waals surface area contributed by atoms with Crippen molar-refractivity contribution in [3.63, 3.8) is 0 Å². The Labute approximate surface area is 162 Å². The molecule has 0 unspecified atom stereocenters. The van der Waals surface area contributed by atoms with Crippen LogP contribution >= 0.6 is 0 Å². The van der Waals surface area contributed by atoms with E-state index in [4.69, 9.17) is 4.74 Å². The zero-order valence-electron chi connectivity index (χ0n) is 17.0. The fraction of sp³-hybridized carbons (Fsp3) is 0.619. The smallest absolute Gasteiger partial charge is 0.337 e. The van der Waals surface area contributed by atoms with Gasteiger partial charge < -0.3 is 15.0 Å². The van der Waals surface area contributed by atoms with Gasteiger partial charge >= 0.3 is 5.97 Å². The number of hydrogen-bond donors (Lipinski definition) is 1. The first-order valence-electron chi connectivity index (χ1n) is 9.89. The van der Waals surface area contributed by atoms with Gasteiger partial charge in [0.25, 0.3) is 0 Å². The molecule has 0 spiro atoms. The third-order valence-electron chi connectivity index (χ3n) is 5.50. The molecule has 1 aliphatic rings. The minimum absolute atomic E-state index is 0.0514. The van der Waals surface area contributed by atoms with E-state index in [2.05, 4.69) is 29.0 Å². The zero-order valence-corrected chi connectivity index (χ0v) is 17.0. The number of benzene rings is 1. The predicted octanol–water partition coefficient (Wildman–Crippen LogP) is 2.14. The Morgan fingerprint density at radius 3 is 2.52 bits per heavy atom. The molecule has 2 atom stereocenters. The molecule has 6 heteroatoms. The number of likely N-dealkylation sites (tertiary alicyclic amines) is 1. The third kappa shape index (κ3) is 6.04. The van der Waals surface area contributed by atoms with Gasteiger partial charge in [0.15, 0.2) is 0 Å². The van der Waals surface area contributed by atoms with Crippen LogP contribution in [0.4, 0.5) is 0 Å². The molecule has 1 N–H and O–H groups in total. The minimum atomic E-state index is -0.354. The van der Waals surface area contributed by atoms with Gasteiger partial charge in [0.2, 0.25) is 5.91 Å². The Bertz CT molecular complexity index is 614. The van der Waals surface area contributed by atoms with E-state index in [9.17, 15) is 9.59 Å². The number of methoxy groups -OCH3 is 1. The molecule has 1 aliphatic heterocycles. The Morgan fingerprint density at radius 1 is 1.26 bits per heavy atom. The van der Waals surface area contributed by atoms with Gasteiger partial charge in [-0.2, -0.15) is 0 Å². The van der Waals surface area contributed by atoms with E-state index in [1.165, 1.54) is 7.11 Å². The van der Waals surface area contributed by atoms with Crippen molar-refractivity contribution in [3.05, 3.63) is 35.4 Å². The Morgan fingerprint density at radius 2 is 1.93 bits per heavy atom. The van der Waals surface area contributed by atoms with Crippen LogP contribution in [0.25, 0.3) is 0 Å². The highest BCUT2D eigenvalue weighted by atomic mass is 16.5. The van der Waals surface area contributed by atoms with Gasteiger partial charge in [-0.1, -0.05) is 26.0 Å². The first kappa shape index (κ1) is 21.4. The van der Waals surface area contributed by atoms with E-state index < -0.39 is 0 Å². The van der Waals surface area contributed by atoms with Crippen LogP contribution in [-0.2, 0) is 16.1 Å². The molecule has 1 aromatic carbocycles. The standard InChI is InChI=1S/C21H33N3O3/c1-5-23(6-2)14-18-11-12-24(15-18)16(3)20(25)22-13-17-7-9-19(10-8-17)21(26)27-4/h7-10,16,18H,5-6,11-15H2,1-4H3,(H,22,25)/t16-,18-/m0/s1. The number of hydrogen-bond acceptors (Lipinski definition) is 5. The first-order chi connectivity index (χ1) is 13.0. The molecule has 2 rings (SSSR count). The number of amides is 1. The average molecular weight is 376 g/mol. The van der Waals surface area contributed by atoms with Gasteiger partial charge in [0, 0.05) is 19.6 Å². The number of nitrogens with zero attached hydrogens (tertiary/aromatic N) is 2. The largest absolute Gasteiger partial charge is 0.465 e. The number of nitrogens with one attached hydrogen (secondary N) is 1. The summed E-state index contributed by atoms with van der Waals surface area (Å²) < 4.78 is 4.69. The molecule has 6 nitrogen and oxygen atoms in total. The van der Waals surface area contributed by atoms with Crippen LogP contribution in [0.1, 0.15) is 43.1 Å². The lowest BCUT2D eigenvalue weighted by molar-refractivity contribution is -0.125. The minimum Gasteiger partial charge on any atom is -0.465 e. The molecule has 1 aromatic rings. The van der Waals surface area contributed by atoms with Crippen molar-refractivity contribution in [2.75, 3.05) is 39.8 Å². The predicted molar refractivity (Wildman–Crippen MR) is 107 cm³/mol. The molecule has 27 heavy (non-hydrogen) atoms. The maximum Gasteiger partial charge on any atom is 0.337 e. The maximum atomic E-state index is 12.5. The van der Waals surface area contributed by atoms with Crippen LogP contribution in [-0.4, -0.2) is 67.6 Å². The molecule has 0 aliphatic carbocycles. The van der Waals surface area contributed by atoms with Gasteiger partial charge in [-0.25, -0.2) is 4.79 Å². The molecule has 1 fully saturated rings. The van der Waals surface area contributed by atoms with Crippen molar-refractivity contribution < 1.29 is 14.3 Å². The Kier molecular flexibility index (Phi) is 8.25. The van der Waals surface area contributed by atoms with E-state index >= 15 is 0 Å². The highest BCUT2D eigenvalue weighted by molar-refractivity contribution is 5.89. The van der Waals surface area contributed by atoms with Crippen molar-refractivity contribution in [1.29, 1.82) is 0 Å². The summed E-state index contributed by atoms with van der Waals surface area (Å²) in [7, 11) is 1.36. The summed E-state index contributed by atoms with van der Waals surface area (Å²) in [5, 5.41) is 3.01. The van der Waals surface area contributed by atoms with Crippen molar-refractivity contribution in [2.24, 2.45) is 5.92 Å². The van der Waals surface area contributed by atoms with E-state index in [0.717, 1.165) is 44.7 Å². The second kappa shape index (κ2) is 10.4. The van der Waals surface area contributed by atoms with Crippen molar-refractivity contribution >= 4 is 11.9 Å². The number of carbonyl (C=O) groups is 2. The molecule has 1 saturated heterocycles. The van der Waals surface area contributed by atoms with E-state index in [-0.39, 0.29) is 17.9 Å². The van der Waals surface area contributed by atoms with Gasteiger partial charge in [-0.05, 0) is 56.6 Å². The normalized spacial score (nSPS) is 18.5. The summed E-state index contributed by atoms with van der Waals surface area (Å²) in [5.41, 5.74) is 1.47. The lowest BCUT2D eigenvalue weighted by Crippen LogP contribution is -2.44. The van der Waals surface area contributed by atoms with Gasteiger partial charge in [0.05, 0.1) is 18.7 Å². The van der Waals surface area contributed by atoms with Crippen LogP contribution in [0.15, 0.2) is 24.3 Å². The number of esters is 1. The molecule has 0 bridgehead atoms.